The van der Waals surface area contributed by atoms with E-state index < -0.39 is 0 Å². The second kappa shape index (κ2) is 15.1. The third-order valence-electron chi connectivity index (χ3n) is 15.5. The summed E-state index contributed by atoms with van der Waals surface area (Å²) in [6.45, 7) is 14.2. The molecular formula is C66H51BN4. The molecule has 0 saturated carbocycles. The number of fused-ring (bicyclic) bond motifs is 10. The Kier molecular flexibility index (Phi) is 8.87. The van der Waals surface area contributed by atoms with Crippen molar-refractivity contribution in [2.75, 3.05) is 0 Å². The van der Waals surface area contributed by atoms with E-state index in [0.717, 1.165) is 11.3 Å². The van der Waals surface area contributed by atoms with Crippen molar-refractivity contribution in [3.8, 4) is 67.1 Å². The van der Waals surface area contributed by atoms with Gasteiger partial charge in [-0.05, 0) is 125 Å². The van der Waals surface area contributed by atoms with Crippen molar-refractivity contribution in [2.24, 2.45) is 0 Å². The summed E-state index contributed by atoms with van der Waals surface area (Å²) in [5, 5.41) is 5.23. The highest BCUT2D eigenvalue weighted by Gasteiger charge is 2.43. The van der Waals surface area contributed by atoms with Gasteiger partial charge in [0.15, 0.2) is 0 Å². The van der Waals surface area contributed by atoms with E-state index in [9.17, 15) is 0 Å². The summed E-state index contributed by atoms with van der Waals surface area (Å²) in [5.74, 6) is 0. The molecule has 0 fully saturated rings. The number of hydrogen-bond donors (Lipinski definition) is 0. The first-order valence-electron chi connectivity index (χ1n) is 25.0. The molecule has 71 heavy (non-hydrogen) atoms. The fourth-order valence-electron chi connectivity index (χ4n) is 12.5. The molecule has 0 aliphatic carbocycles. The highest BCUT2D eigenvalue weighted by atomic mass is 15.0. The molecular weight excluding hydrogens is 860 g/mol. The third-order valence-corrected chi connectivity index (χ3v) is 15.5. The summed E-state index contributed by atoms with van der Waals surface area (Å²) >= 11 is 0. The quantitative estimate of drug-likeness (QED) is 0.161. The molecule has 2 aliphatic heterocycles. The molecule has 0 amide bonds. The van der Waals surface area contributed by atoms with Gasteiger partial charge < -0.3 is 9.13 Å². The van der Waals surface area contributed by atoms with Crippen molar-refractivity contribution < 1.29 is 0 Å². The minimum atomic E-state index is -0.150. The highest BCUT2D eigenvalue weighted by molar-refractivity contribution is 7.00. The predicted octanol–water partition coefficient (Wildman–Crippen LogP) is 14.7. The Bertz CT molecular complexity index is 3890. The lowest BCUT2D eigenvalue weighted by atomic mass is 9.34. The van der Waals surface area contributed by atoms with E-state index in [1.807, 2.05) is 6.20 Å². The number of nitrogens with zero attached hydrogens (tertiary/aromatic N) is 4. The van der Waals surface area contributed by atoms with Gasteiger partial charge in [-0.1, -0.05) is 187 Å². The fraction of sp³-hybridized carbons (Fsp3) is 0.121. The van der Waals surface area contributed by atoms with E-state index in [0.29, 0.717) is 0 Å². The van der Waals surface area contributed by atoms with E-state index >= 15 is 0 Å². The maximum atomic E-state index is 4.98. The first-order valence-corrected chi connectivity index (χ1v) is 25.0. The van der Waals surface area contributed by atoms with E-state index in [4.69, 9.17) is 4.98 Å². The van der Waals surface area contributed by atoms with Crippen LogP contribution >= 0.6 is 0 Å². The summed E-state index contributed by atoms with van der Waals surface area (Å²) in [4.78, 5) is 9.38. The lowest BCUT2D eigenvalue weighted by Crippen LogP contribution is -2.59. The Hall–Kier alpha value is -8.28. The van der Waals surface area contributed by atoms with Gasteiger partial charge in [0.05, 0.1) is 16.7 Å². The molecule has 2 aliphatic rings. The average molecular weight is 911 g/mol. The molecule has 5 heteroatoms. The lowest BCUT2D eigenvalue weighted by Gasteiger charge is -2.35. The van der Waals surface area contributed by atoms with Gasteiger partial charge in [0.2, 0.25) is 0 Å². The molecule has 0 bridgehead atoms. The summed E-state index contributed by atoms with van der Waals surface area (Å²) < 4.78 is 5.30. The smallest absolute Gasteiger partial charge is 0.252 e. The minimum Gasteiger partial charge on any atom is -0.310 e. The molecule has 0 spiro atoms. The van der Waals surface area contributed by atoms with Gasteiger partial charge in [0, 0.05) is 55.7 Å². The molecule has 3 aromatic heterocycles. The van der Waals surface area contributed by atoms with E-state index in [1.165, 1.54) is 127 Å². The number of rotatable bonds is 5. The molecule has 12 aromatic rings. The SMILES string of the molecule is CC(C)(C)c1ccc2c3c1c1c(-c4ccccc4)cc(-c4ccccc4)cc1n3-c1cc(-c3ccncn3)cc3c1B2c1ccc(C(C)(C)C)c2c4c(-c5ccccc5)cc(-c5ccccc5)cc4n-3c12. The molecule has 9 aromatic carbocycles. The topological polar surface area (TPSA) is 35.6 Å². The first-order chi connectivity index (χ1) is 34.5. The minimum absolute atomic E-state index is 0.0522. The van der Waals surface area contributed by atoms with Crippen molar-refractivity contribution in [1.82, 2.24) is 19.1 Å². The van der Waals surface area contributed by atoms with Crippen LogP contribution in [0.3, 0.4) is 0 Å². The lowest BCUT2D eigenvalue weighted by molar-refractivity contribution is 0.596. The molecule has 0 N–H and O–H groups in total. The molecule has 4 nitrogen and oxygen atoms in total. The largest absolute Gasteiger partial charge is 0.310 e. The number of hydrogen-bond acceptors (Lipinski definition) is 2. The molecule has 0 atom stereocenters. The van der Waals surface area contributed by atoms with Crippen LogP contribution in [0.1, 0.15) is 52.7 Å². The van der Waals surface area contributed by atoms with E-state index in [1.54, 1.807) is 6.33 Å². The highest BCUT2D eigenvalue weighted by Crippen LogP contribution is 2.49. The molecule has 0 radical (unpaired) electrons. The van der Waals surface area contributed by atoms with Gasteiger partial charge in [-0.25, -0.2) is 9.97 Å². The van der Waals surface area contributed by atoms with Gasteiger partial charge >= 0.3 is 0 Å². The Balaban J connectivity index is 1.22. The van der Waals surface area contributed by atoms with Crippen molar-refractivity contribution >= 4 is 66.7 Å². The van der Waals surface area contributed by atoms with Crippen LogP contribution in [-0.2, 0) is 10.8 Å². The zero-order valence-electron chi connectivity index (χ0n) is 40.9. The van der Waals surface area contributed by atoms with Crippen LogP contribution in [0.2, 0.25) is 0 Å². The average Bonchev–Trinajstić information content (AvgIpc) is 3.93. The van der Waals surface area contributed by atoms with Crippen LogP contribution in [0, 0.1) is 0 Å². The molecule has 0 saturated heterocycles. The second-order valence-electron chi connectivity index (χ2n) is 21.8. The summed E-state index contributed by atoms with van der Waals surface area (Å²) in [6.07, 6.45) is 3.55. The molecule has 14 rings (SSSR count). The van der Waals surface area contributed by atoms with Crippen LogP contribution in [0.5, 0.6) is 0 Å². The van der Waals surface area contributed by atoms with Gasteiger partial charge in [-0.3, -0.25) is 0 Å². The molecule has 5 heterocycles. The monoisotopic (exact) mass is 910 g/mol. The van der Waals surface area contributed by atoms with E-state index in [-0.39, 0.29) is 17.5 Å². The van der Waals surface area contributed by atoms with Crippen molar-refractivity contribution in [1.29, 1.82) is 0 Å². The van der Waals surface area contributed by atoms with Gasteiger partial charge in [-0.15, -0.1) is 0 Å². The van der Waals surface area contributed by atoms with Crippen LogP contribution in [-0.4, -0.2) is 25.8 Å². The van der Waals surface area contributed by atoms with Gasteiger partial charge in [0.1, 0.15) is 6.33 Å². The van der Waals surface area contributed by atoms with Gasteiger partial charge in [-0.2, -0.15) is 0 Å². The molecule has 338 valence electrons. The molecule has 0 unspecified atom stereocenters. The van der Waals surface area contributed by atoms with Crippen molar-refractivity contribution in [3.05, 3.63) is 212 Å². The summed E-state index contributed by atoms with van der Waals surface area (Å²) in [5.41, 5.74) is 25.3. The Morgan fingerprint density at radius 1 is 0.394 bits per heavy atom. The zero-order chi connectivity index (χ0) is 47.9. The summed E-state index contributed by atoms with van der Waals surface area (Å²) in [6, 6.07) is 70.5. The third kappa shape index (κ3) is 6.12. The Morgan fingerprint density at radius 2 is 0.817 bits per heavy atom. The first kappa shape index (κ1) is 41.7. The number of benzene rings is 9. The maximum Gasteiger partial charge on any atom is 0.252 e. The van der Waals surface area contributed by atoms with Crippen LogP contribution < -0.4 is 16.4 Å². The standard InChI is InChI=1S/C66H51BN4/c1-65(2,3)49-27-29-51-63-60(49)58-47(42-23-15-9-16-24-42)33-44(40-19-11-7-12-20-40)35-54(58)70(63)56-37-46(53-31-32-68-39-69-53)38-57-62(56)67(51)52-30-28-50(66(4,5)6)61-59-48(43-25-17-10-18-26-43)34-45(41-21-13-8-14-22-41)36-55(59)71(57)64(52)61/h7-39H,1-6H3. The Labute approximate surface area is 415 Å². The van der Waals surface area contributed by atoms with Crippen molar-refractivity contribution in [2.45, 2.75) is 52.4 Å². The zero-order valence-corrected chi connectivity index (χ0v) is 40.9. The maximum absolute atomic E-state index is 4.98. The van der Waals surface area contributed by atoms with Gasteiger partial charge in [0.25, 0.3) is 6.71 Å². The van der Waals surface area contributed by atoms with Crippen LogP contribution in [0.15, 0.2) is 201 Å². The van der Waals surface area contributed by atoms with Crippen molar-refractivity contribution in [3.63, 3.8) is 0 Å². The predicted molar refractivity (Wildman–Crippen MR) is 300 cm³/mol. The normalized spacial score (nSPS) is 12.9. The van der Waals surface area contributed by atoms with Crippen LogP contribution in [0.25, 0.3) is 111 Å². The summed E-state index contributed by atoms with van der Waals surface area (Å²) in [7, 11) is 0. The fourth-order valence-corrected chi connectivity index (χ4v) is 12.5. The van der Waals surface area contributed by atoms with E-state index in [2.05, 4.69) is 244 Å². The van der Waals surface area contributed by atoms with Crippen LogP contribution in [0.4, 0.5) is 0 Å². The number of aromatic nitrogens is 4. The second-order valence-corrected chi connectivity index (χ2v) is 21.8. The Morgan fingerprint density at radius 3 is 1.21 bits per heavy atom.